The van der Waals surface area contributed by atoms with Crippen LogP contribution in [0.2, 0.25) is 5.02 Å². The predicted octanol–water partition coefficient (Wildman–Crippen LogP) is 4.90. The Balaban J connectivity index is 1.82. The van der Waals surface area contributed by atoms with Gasteiger partial charge in [-0.15, -0.1) is 0 Å². The van der Waals surface area contributed by atoms with Crippen molar-refractivity contribution in [2.75, 3.05) is 20.8 Å². The quantitative estimate of drug-likeness (QED) is 0.401. The number of amides is 1. The Morgan fingerprint density at radius 2 is 1.94 bits per heavy atom. The van der Waals surface area contributed by atoms with Crippen LogP contribution in [0.3, 0.4) is 0 Å². The van der Waals surface area contributed by atoms with Crippen LogP contribution >= 0.6 is 11.6 Å². The summed E-state index contributed by atoms with van der Waals surface area (Å²) >= 11 is 6.11. The van der Waals surface area contributed by atoms with Gasteiger partial charge in [-0.05, 0) is 48.9 Å². The number of rotatable bonds is 8. The molecular formula is C25H25ClN4O3. The van der Waals surface area contributed by atoms with Crippen molar-refractivity contribution in [3.8, 4) is 22.8 Å². The molecule has 0 bridgehead atoms. The van der Waals surface area contributed by atoms with E-state index in [1.807, 2.05) is 60.0 Å². The fourth-order valence-corrected chi connectivity index (χ4v) is 3.74. The number of carbonyl (C=O) groups excluding carboxylic acids is 1. The molecule has 0 aliphatic carbocycles. The van der Waals surface area contributed by atoms with Gasteiger partial charge in [0.2, 0.25) is 0 Å². The smallest absolute Gasteiger partial charge is 0.253 e. The van der Waals surface area contributed by atoms with Crippen LogP contribution in [-0.4, -0.2) is 47.3 Å². The molecule has 1 amide bonds. The van der Waals surface area contributed by atoms with Crippen LogP contribution in [0.1, 0.15) is 23.7 Å². The highest BCUT2D eigenvalue weighted by Gasteiger charge is 2.19. The molecule has 2 aromatic carbocycles. The summed E-state index contributed by atoms with van der Waals surface area (Å²) in [5, 5.41) is 3.62. The Bertz CT molecular complexity index is 1270. The van der Waals surface area contributed by atoms with E-state index in [1.165, 1.54) is 0 Å². The Kier molecular flexibility index (Phi) is 6.91. The van der Waals surface area contributed by atoms with Gasteiger partial charge in [0.1, 0.15) is 17.1 Å². The van der Waals surface area contributed by atoms with Gasteiger partial charge in [-0.1, -0.05) is 30.7 Å². The molecule has 0 radical (unpaired) electrons. The molecular weight excluding hydrogens is 440 g/mol. The van der Waals surface area contributed by atoms with Gasteiger partial charge in [-0.3, -0.25) is 9.36 Å². The first-order valence-electron chi connectivity index (χ1n) is 10.6. The summed E-state index contributed by atoms with van der Waals surface area (Å²) in [5.74, 6) is 1.19. The molecule has 2 aromatic heterocycles. The number of nitrogens with zero attached hydrogens (tertiary/aromatic N) is 3. The van der Waals surface area contributed by atoms with E-state index >= 15 is 0 Å². The SMILES string of the molecule is CCC(COC)NC(=O)c1cnc2c(c1)nc(-c1cccc(OC)c1)n2-c1ccc(Cl)cc1. The number of carbonyl (C=O) groups is 1. The van der Waals surface area contributed by atoms with Gasteiger partial charge in [-0.2, -0.15) is 0 Å². The Labute approximate surface area is 197 Å². The molecule has 0 aliphatic heterocycles. The highest BCUT2D eigenvalue weighted by Crippen LogP contribution is 2.30. The second-order valence-corrected chi connectivity index (χ2v) is 8.02. The van der Waals surface area contributed by atoms with Crippen molar-refractivity contribution in [3.05, 3.63) is 71.4 Å². The van der Waals surface area contributed by atoms with E-state index in [4.69, 9.17) is 26.1 Å². The van der Waals surface area contributed by atoms with Crippen molar-refractivity contribution in [2.45, 2.75) is 19.4 Å². The van der Waals surface area contributed by atoms with Crippen LogP contribution in [0.4, 0.5) is 0 Å². The van der Waals surface area contributed by atoms with Crippen LogP contribution in [-0.2, 0) is 4.74 Å². The lowest BCUT2D eigenvalue weighted by atomic mass is 10.2. The fourth-order valence-electron chi connectivity index (χ4n) is 3.61. The van der Waals surface area contributed by atoms with E-state index in [9.17, 15) is 4.79 Å². The molecule has 4 aromatic rings. The average Bonchev–Trinajstić information content (AvgIpc) is 3.23. The third-order valence-corrected chi connectivity index (χ3v) is 5.62. The summed E-state index contributed by atoms with van der Waals surface area (Å²) in [7, 11) is 3.24. The monoisotopic (exact) mass is 464 g/mol. The Morgan fingerprint density at radius 1 is 1.15 bits per heavy atom. The number of benzene rings is 2. The topological polar surface area (TPSA) is 78.3 Å². The Morgan fingerprint density at radius 3 is 2.64 bits per heavy atom. The van der Waals surface area contributed by atoms with Crippen molar-refractivity contribution in [2.24, 2.45) is 0 Å². The van der Waals surface area contributed by atoms with Gasteiger partial charge in [0.05, 0.1) is 25.3 Å². The normalized spacial score (nSPS) is 12.0. The number of hydrogen-bond acceptors (Lipinski definition) is 5. The summed E-state index contributed by atoms with van der Waals surface area (Å²) < 4.78 is 12.5. The highest BCUT2D eigenvalue weighted by atomic mass is 35.5. The molecule has 7 nitrogen and oxygen atoms in total. The zero-order chi connectivity index (χ0) is 23.4. The minimum atomic E-state index is -0.211. The van der Waals surface area contributed by atoms with Crippen molar-refractivity contribution in [3.63, 3.8) is 0 Å². The molecule has 0 saturated carbocycles. The maximum Gasteiger partial charge on any atom is 0.253 e. The summed E-state index contributed by atoms with van der Waals surface area (Å²) in [5.41, 5.74) is 3.40. The highest BCUT2D eigenvalue weighted by molar-refractivity contribution is 6.30. The lowest BCUT2D eigenvalue weighted by Gasteiger charge is -2.15. The van der Waals surface area contributed by atoms with E-state index < -0.39 is 0 Å². The molecule has 33 heavy (non-hydrogen) atoms. The lowest BCUT2D eigenvalue weighted by Crippen LogP contribution is -2.37. The summed E-state index contributed by atoms with van der Waals surface area (Å²) in [6, 6.07) is 16.8. The minimum Gasteiger partial charge on any atom is -0.497 e. The molecule has 0 aliphatic rings. The van der Waals surface area contributed by atoms with Gasteiger partial charge in [0, 0.05) is 29.6 Å². The predicted molar refractivity (Wildman–Crippen MR) is 129 cm³/mol. The van der Waals surface area contributed by atoms with E-state index in [2.05, 4.69) is 10.3 Å². The second-order valence-electron chi connectivity index (χ2n) is 7.58. The van der Waals surface area contributed by atoms with E-state index in [1.54, 1.807) is 26.5 Å². The van der Waals surface area contributed by atoms with Crippen molar-refractivity contribution in [1.82, 2.24) is 19.9 Å². The average molecular weight is 465 g/mol. The van der Waals surface area contributed by atoms with E-state index in [0.717, 1.165) is 23.4 Å². The number of ether oxygens (including phenoxy) is 2. The van der Waals surface area contributed by atoms with Crippen LogP contribution in [0, 0.1) is 0 Å². The Hall–Kier alpha value is -3.42. The van der Waals surface area contributed by atoms with Crippen molar-refractivity contribution >= 4 is 28.7 Å². The number of imidazole rings is 1. The van der Waals surface area contributed by atoms with Gasteiger partial charge in [0.25, 0.3) is 5.91 Å². The molecule has 1 N–H and O–H groups in total. The number of fused-ring (bicyclic) bond motifs is 1. The third kappa shape index (κ3) is 4.84. The first-order chi connectivity index (χ1) is 16.0. The zero-order valence-corrected chi connectivity index (χ0v) is 19.5. The summed E-state index contributed by atoms with van der Waals surface area (Å²) in [4.78, 5) is 22.3. The first kappa shape index (κ1) is 22.8. The van der Waals surface area contributed by atoms with Crippen LogP contribution in [0.25, 0.3) is 28.2 Å². The van der Waals surface area contributed by atoms with Gasteiger partial charge >= 0.3 is 0 Å². The number of halogens is 1. The standard InChI is InChI=1S/C25H25ClN4O3/c1-4-19(15-32-2)28-25(31)17-13-22-24(27-14-17)30(20-10-8-18(26)9-11-20)23(29-22)16-6-5-7-21(12-16)33-3/h5-14,19H,4,15H2,1-3H3,(H,28,31). The summed E-state index contributed by atoms with van der Waals surface area (Å²) in [6.07, 6.45) is 2.33. The number of hydrogen-bond donors (Lipinski definition) is 1. The van der Waals surface area contributed by atoms with Gasteiger partial charge in [-0.25, -0.2) is 9.97 Å². The molecule has 1 atom stereocenters. The number of nitrogens with one attached hydrogen (secondary N) is 1. The zero-order valence-electron chi connectivity index (χ0n) is 18.7. The van der Waals surface area contributed by atoms with Crippen LogP contribution in [0.15, 0.2) is 60.8 Å². The fraction of sp³-hybridized carbons (Fsp3) is 0.240. The van der Waals surface area contributed by atoms with E-state index in [0.29, 0.717) is 34.2 Å². The molecule has 2 heterocycles. The number of aromatic nitrogens is 3. The molecule has 170 valence electrons. The molecule has 8 heteroatoms. The molecule has 0 spiro atoms. The molecule has 4 rings (SSSR count). The maximum absolute atomic E-state index is 12.8. The molecule has 0 saturated heterocycles. The number of methoxy groups -OCH3 is 2. The van der Waals surface area contributed by atoms with Gasteiger partial charge < -0.3 is 14.8 Å². The third-order valence-electron chi connectivity index (χ3n) is 5.37. The minimum absolute atomic E-state index is 0.0721. The maximum atomic E-state index is 12.8. The summed E-state index contributed by atoms with van der Waals surface area (Å²) in [6.45, 7) is 2.45. The van der Waals surface area contributed by atoms with Crippen LogP contribution < -0.4 is 10.1 Å². The first-order valence-corrected chi connectivity index (χ1v) is 11.0. The van der Waals surface area contributed by atoms with Crippen molar-refractivity contribution in [1.29, 1.82) is 0 Å². The second kappa shape index (κ2) is 10.0. The van der Waals surface area contributed by atoms with Gasteiger partial charge in [0.15, 0.2) is 5.65 Å². The largest absolute Gasteiger partial charge is 0.497 e. The van der Waals surface area contributed by atoms with E-state index in [-0.39, 0.29) is 11.9 Å². The lowest BCUT2D eigenvalue weighted by molar-refractivity contribution is 0.0894. The van der Waals surface area contributed by atoms with Crippen LogP contribution in [0.5, 0.6) is 5.75 Å². The van der Waals surface area contributed by atoms with Crippen molar-refractivity contribution < 1.29 is 14.3 Å². The molecule has 1 unspecified atom stereocenters. The molecule has 0 fully saturated rings. The number of pyridine rings is 1.